The van der Waals surface area contributed by atoms with E-state index in [0.29, 0.717) is 0 Å². The van der Waals surface area contributed by atoms with Crippen molar-refractivity contribution >= 4 is 41.4 Å². The summed E-state index contributed by atoms with van der Waals surface area (Å²) < 4.78 is 35.4. The van der Waals surface area contributed by atoms with Gasteiger partial charge in [0.2, 0.25) is 0 Å². The van der Waals surface area contributed by atoms with Crippen molar-refractivity contribution in [1.29, 1.82) is 0 Å². The molecule has 0 aromatic heterocycles. The summed E-state index contributed by atoms with van der Waals surface area (Å²) in [5.41, 5.74) is -9.41. The van der Waals surface area contributed by atoms with E-state index in [1.54, 1.807) is 39.0 Å². The Morgan fingerprint density at radius 3 is 2.11 bits per heavy atom. The molecular formula is C45H54N2O17. The van der Waals surface area contributed by atoms with Gasteiger partial charge in [0.1, 0.15) is 29.5 Å². The molecule has 4 N–H and O–H groups in total. The first-order valence-electron chi connectivity index (χ1n) is 20.7. The number of nitro groups is 1. The van der Waals surface area contributed by atoms with Gasteiger partial charge in [-0.2, -0.15) is 0 Å². The topological polar surface area (TPSA) is 274 Å². The van der Waals surface area contributed by atoms with Crippen molar-refractivity contribution in [1.82, 2.24) is 5.32 Å². The van der Waals surface area contributed by atoms with Gasteiger partial charge in [0.15, 0.2) is 23.6 Å². The summed E-state index contributed by atoms with van der Waals surface area (Å²) in [6.45, 7) is 12.4. The molecule has 2 aromatic carbocycles. The predicted octanol–water partition coefficient (Wildman–Crippen LogP) is 3.74. The number of nitro benzene ring substituents is 1. The van der Waals surface area contributed by atoms with Gasteiger partial charge in [-0.15, -0.1) is 0 Å². The fraction of sp³-hybridized carbons (Fsp3) is 0.556. The van der Waals surface area contributed by atoms with Crippen LogP contribution in [0.2, 0.25) is 0 Å². The van der Waals surface area contributed by atoms with E-state index in [0.717, 1.165) is 26.0 Å². The lowest BCUT2D eigenvalue weighted by Crippen LogP contribution is -2.82. The van der Waals surface area contributed by atoms with Gasteiger partial charge < -0.3 is 49.1 Å². The average Bonchev–Trinajstić information content (AvgIpc) is 3.20. The van der Waals surface area contributed by atoms with Crippen LogP contribution in [-0.4, -0.2) is 116 Å². The number of benzene rings is 2. The number of alkyl carbamates (subject to hydrolysis) is 1. The number of non-ortho nitro benzene ring substituents is 1. The standard InChI is InChI=1S/C45H54N2O17/c1-22-28(61-39(54)33(51)32(46-40(55)64-41(4,5)6)25-15-17-27(18-16-25)47(57)58)20-45(56)37(62-38(53)26-13-11-10-12-14-26)35-43(9,29(50)19-30-44(35,21-59-30)63-24(3)49)36(52)34(60-23(2)48)31(22)42(45,7)8/h10-18,28-30,32-35,37,50-51,56H,19-21H2,1-9H3,(H,46,55)/t28-,29-,30+,32-,33+,34+,35?,37-,43+,44-,45+/m0/s1. The van der Waals surface area contributed by atoms with Crippen LogP contribution in [0.3, 0.4) is 0 Å². The molecule has 2 bridgehead atoms. The van der Waals surface area contributed by atoms with Crippen molar-refractivity contribution in [2.24, 2.45) is 16.7 Å². The van der Waals surface area contributed by atoms with Crippen LogP contribution in [0.1, 0.15) is 97.1 Å². The second-order valence-electron chi connectivity index (χ2n) is 18.6. The lowest BCUT2D eigenvalue weighted by atomic mass is 9.44. The van der Waals surface area contributed by atoms with Crippen LogP contribution in [0.25, 0.3) is 0 Å². The Morgan fingerprint density at radius 2 is 1.58 bits per heavy atom. The lowest BCUT2D eigenvalue weighted by molar-refractivity contribution is -0.384. The summed E-state index contributed by atoms with van der Waals surface area (Å²) in [6.07, 6.45) is -12.3. The van der Waals surface area contributed by atoms with E-state index < -0.39 is 123 Å². The number of Topliss-reactive ketones (excluding diaryl/α,β-unsaturated/α-hetero) is 1. The molecule has 64 heavy (non-hydrogen) atoms. The Hall–Kier alpha value is -5.76. The molecule has 2 saturated carbocycles. The zero-order chi connectivity index (χ0) is 47.5. The fourth-order valence-corrected chi connectivity index (χ4v) is 9.95. The van der Waals surface area contributed by atoms with Crippen LogP contribution < -0.4 is 5.32 Å². The number of esters is 4. The smallest absolute Gasteiger partial charge is 0.408 e. The molecule has 1 heterocycles. The molecule has 1 unspecified atom stereocenters. The highest BCUT2D eigenvalue weighted by Gasteiger charge is 2.78. The molecule has 346 valence electrons. The van der Waals surface area contributed by atoms with Crippen molar-refractivity contribution in [3.8, 4) is 0 Å². The lowest BCUT2D eigenvalue weighted by Gasteiger charge is -2.67. The number of aliphatic hydroxyl groups is 3. The second kappa shape index (κ2) is 17.0. The number of carbonyl (C=O) groups is 6. The molecule has 1 saturated heterocycles. The highest BCUT2D eigenvalue weighted by atomic mass is 16.6. The maximum atomic E-state index is 15.5. The SMILES string of the molecule is CC(=O)O[C@H]1C(=O)[C@@]2(C)C([C@H](OC(=O)c3ccccc3)[C@]3(O)C[C@H](OC(=O)[C@H](O)[C@@H](NC(=O)OC(C)(C)C)c4ccc([N+](=O)[O-])cc4)C(C)=C1C3(C)C)[C@]1(OC(C)=O)CO[C@@H]1C[C@@H]2O. The van der Waals surface area contributed by atoms with E-state index >= 15 is 4.79 Å². The molecule has 19 heteroatoms. The van der Waals surface area contributed by atoms with Gasteiger partial charge in [0.25, 0.3) is 5.69 Å². The van der Waals surface area contributed by atoms with Crippen LogP contribution in [0.4, 0.5) is 10.5 Å². The van der Waals surface area contributed by atoms with Crippen LogP contribution in [0.5, 0.6) is 0 Å². The summed E-state index contributed by atoms with van der Waals surface area (Å²) in [6, 6.07) is 10.7. The third-order valence-electron chi connectivity index (χ3n) is 13.1. The number of nitrogens with one attached hydrogen (secondary N) is 1. The number of amides is 1. The number of fused-ring (bicyclic) bond motifs is 5. The van der Waals surface area contributed by atoms with Crippen molar-refractivity contribution in [2.45, 2.75) is 135 Å². The van der Waals surface area contributed by atoms with E-state index in [9.17, 15) is 49.4 Å². The van der Waals surface area contributed by atoms with E-state index in [1.807, 2.05) is 0 Å². The summed E-state index contributed by atoms with van der Waals surface area (Å²) in [7, 11) is 0. The van der Waals surface area contributed by atoms with Crippen LogP contribution in [0.15, 0.2) is 65.7 Å². The highest BCUT2D eigenvalue weighted by Crippen LogP contribution is 2.64. The molecule has 0 spiro atoms. The maximum Gasteiger partial charge on any atom is 0.408 e. The van der Waals surface area contributed by atoms with Gasteiger partial charge in [-0.3, -0.25) is 24.5 Å². The van der Waals surface area contributed by atoms with E-state index in [4.69, 9.17) is 28.4 Å². The quantitative estimate of drug-likeness (QED) is 0.0869. The number of carbonyl (C=O) groups excluding carboxylic acids is 6. The molecule has 2 aromatic rings. The number of ether oxygens (including phenoxy) is 6. The van der Waals surface area contributed by atoms with Crippen molar-refractivity contribution in [3.05, 3.63) is 87.0 Å². The Morgan fingerprint density at radius 1 is 0.953 bits per heavy atom. The number of hydrogen-bond donors (Lipinski definition) is 4. The minimum Gasteiger partial charge on any atom is -0.456 e. The minimum atomic E-state index is -2.47. The highest BCUT2D eigenvalue weighted by molar-refractivity contribution is 5.95. The summed E-state index contributed by atoms with van der Waals surface area (Å²) in [5, 5.41) is 51.3. The first-order chi connectivity index (χ1) is 29.7. The molecule has 19 nitrogen and oxygen atoms in total. The Kier molecular flexibility index (Phi) is 12.7. The third kappa shape index (κ3) is 8.25. The zero-order valence-corrected chi connectivity index (χ0v) is 36.9. The number of hydrogen-bond acceptors (Lipinski definition) is 17. The number of ketones is 1. The molecule has 0 radical (unpaired) electrons. The predicted molar refractivity (Wildman–Crippen MR) is 220 cm³/mol. The van der Waals surface area contributed by atoms with E-state index in [1.165, 1.54) is 52.0 Å². The fourth-order valence-electron chi connectivity index (χ4n) is 9.95. The molecule has 4 aliphatic rings. The van der Waals surface area contributed by atoms with Crippen LogP contribution in [0, 0.1) is 26.9 Å². The van der Waals surface area contributed by atoms with E-state index in [2.05, 4.69) is 5.32 Å². The zero-order valence-electron chi connectivity index (χ0n) is 36.9. The molecule has 11 atom stereocenters. The van der Waals surface area contributed by atoms with Gasteiger partial charge in [0, 0.05) is 44.2 Å². The largest absolute Gasteiger partial charge is 0.456 e. The van der Waals surface area contributed by atoms with Gasteiger partial charge in [-0.25, -0.2) is 14.4 Å². The minimum absolute atomic E-state index is 0.0275. The third-order valence-corrected chi connectivity index (χ3v) is 13.1. The van der Waals surface area contributed by atoms with Crippen molar-refractivity contribution in [3.63, 3.8) is 0 Å². The summed E-state index contributed by atoms with van der Waals surface area (Å²) in [5.74, 6) is -6.65. The van der Waals surface area contributed by atoms with Gasteiger partial charge in [0.05, 0.1) is 40.6 Å². The Bertz CT molecular complexity index is 2250. The Balaban J connectivity index is 1.53. The van der Waals surface area contributed by atoms with Crippen molar-refractivity contribution < 1.29 is 77.4 Å². The summed E-state index contributed by atoms with van der Waals surface area (Å²) in [4.78, 5) is 93.8. The van der Waals surface area contributed by atoms with Gasteiger partial charge in [-0.1, -0.05) is 44.2 Å². The maximum absolute atomic E-state index is 15.5. The number of nitrogens with zero attached hydrogens (tertiary/aromatic N) is 1. The first kappa shape index (κ1) is 47.7. The van der Waals surface area contributed by atoms with Crippen LogP contribution >= 0.6 is 0 Å². The molecule has 3 fully saturated rings. The average molecular weight is 895 g/mol. The second-order valence-corrected chi connectivity index (χ2v) is 18.6. The van der Waals surface area contributed by atoms with Gasteiger partial charge in [-0.05, 0) is 63.5 Å². The first-order valence-corrected chi connectivity index (χ1v) is 20.7. The van der Waals surface area contributed by atoms with E-state index in [-0.39, 0.29) is 41.0 Å². The monoisotopic (exact) mass is 894 g/mol. The van der Waals surface area contributed by atoms with Gasteiger partial charge >= 0.3 is 30.0 Å². The molecule has 1 aliphatic heterocycles. The van der Waals surface area contributed by atoms with Crippen LogP contribution in [-0.2, 0) is 47.6 Å². The molecule has 3 aliphatic carbocycles. The molecule has 1 amide bonds. The Labute approximate surface area is 368 Å². The number of rotatable bonds is 10. The summed E-state index contributed by atoms with van der Waals surface area (Å²) >= 11 is 0. The molecular weight excluding hydrogens is 840 g/mol. The molecule has 6 rings (SSSR count). The van der Waals surface area contributed by atoms with Crippen molar-refractivity contribution in [2.75, 3.05) is 6.61 Å². The number of aliphatic hydroxyl groups excluding tert-OH is 2. The normalized spacial score (nSPS) is 31.5.